The van der Waals surface area contributed by atoms with Crippen LogP contribution >= 0.6 is 0 Å². The molecule has 4 N–H and O–H groups in total. The van der Waals surface area contributed by atoms with E-state index in [-0.39, 0.29) is 0 Å². The van der Waals surface area contributed by atoms with Gasteiger partial charge in [0.25, 0.3) is 0 Å². The van der Waals surface area contributed by atoms with E-state index in [1.165, 1.54) is 6.92 Å². The van der Waals surface area contributed by atoms with Crippen LogP contribution in [-0.2, 0) is 9.53 Å². The van der Waals surface area contributed by atoms with Crippen LogP contribution in [0.2, 0.25) is 0 Å². The Hall–Kier alpha value is -0.690. The first-order chi connectivity index (χ1) is 5.95. The molecule has 0 aromatic heterocycles. The fraction of sp³-hybridized carbons (Fsp3) is 0.857. The van der Waals surface area contributed by atoms with Gasteiger partial charge < -0.3 is 25.2 Å². The highest BCUT2D eigenvalue weighted by atomic mass is 16.6. The van der Waals surface area contributed by atoms with Gasteiger partial charge in [-0.2, -0.15) is 0 Å². The third-order valence-electron chi connectivity index (χ3n) is 2.18. The summed E-state index contributed by atoms with van der Waals surface area (Å²) in [4.78, 5) is 10.5. The minimum Gasteiger partial charge on any atom is -0.479 e. The summed E-state index contributed by atoms with van der Waals surface area (Å²) in [5, 5.41) is 36.2. The zero-order valence-electron chi connectivity index (χ0n) is 6.99. The molecule has 3 unspecified atom stereocenters. The lowest BCUT2D eigenvalue weighted by atomic mass is 9.92. The Kier molecular flexibility index (Phi) is 2.87. The summed E-state index contributed by atoms with van der Waals surface area (Å²) in [6.45, 7) is 1.45. The maximum absolute atomic E-state index is 10.5. The summed E-state index contributed by atoms with van der Waals surface area (Å²) in [6.07, 6.45) is -5.72. The van der Waals surface area contributed by atoms with E-state index in [2.05, 4.69) is 4.74 Å². The van der Waals surface area contributed by atoms with Gasteiger partial charge in [0.05, 0.1) is 6.10 Å². The average molecular weight is 192 g/mol. The molecule has 5 atom stereocenters. The fourth-order valence-corrected chi connectivity index (χ4v) is 1.22. The van der Waals surface area contributed by atoms with Gasteiger partial charge in [0, 0.05) is 5.92 Å². The number of aliphatic hydroxyl groups is 3. The summed E-state index contributed by atoms with van der Waals surface area (Å²) in [7, 11) is 0. The lowest BCUT2D eigenvalue weighted by Crippen LogP contribution is -2.56. The molecule has 0 radical (unpaired) electrons. The predicted molar refractivity (Wildman–Crippen MR) is 39.7 cm³/mol. The van der Waals surface area contributed by atoms with Crippen molar-refractivity contribution in [2.24, 2.45) is 5.92 Å². The van der Waals surface area contributed by atoms with Crippen LogP contribution in [0.25, 0.3) is 0 Å². The van der Waals surface area contributed by atoms with Crippen molar-refractivity contribution in [2.75, 3.05) is 0 Å². The largest absolute Gasteiger partial charge is 0.479 e. The molecule has 0 aliphatic carbocycles. The van der Waals surface area contributed by atoms with Gasteiger partial charge in [-0.1, -0.05) is 6.92 Å². The molecule has 6 nitrogen and oxygen atoms in total. The van der Waals surface area contributed by atoms with Crippen LogP contribution in [0.15, 0.2) is 0 Å². The molecule has 6 heteroatoms. The second-order valence-corrected chi connectivity index (χ2v) is 3.13. The normalized spacial score (nSPS) is 46.0. The van der Waals surface area contributed by atoms with Crippen LogP contribution in [0.3, 0.4) is 0 Å². The van der Waals surface area contributed by atoms with Crippen molar-refractivity contribution in [3.8, 4) is 0 Å². The molecule has 1 heterocycles. The summed E-state index contributed by atoms with van der Waals surface area (Å²) < 4.78 is 4.59. The molecule has 0 saturated carbocycles. The molecule has 1 rings (SSSR count). The van der Waals surface area contributed by atoms with Gasteiger partial charge in [0.1, 0.15) is 6.10 Å². The highest BCUT2D eigenvalue weighted by molar-refractivity contribution is 5.73. The minimum absolute atomic E-state index is 0.703. The zero-order chi connectivity index (χ0) is 10.2. The van der Waals surface area contributed by atoms with Gasteiger partial charge in [0.2, 0.25) is 0 Å². The van der Waals surface area contributed by atoms with Gasteiger partial charge >= 0.3 is 5.97 Å². The maximum Gasteiger partial charge on any atom is 0.335 e. The molecule has 13 heavy (non-hydrogen) atoms. The Morgan fingerprint density at radius 1 is 1.23 bits per heavy atom. The maximum atomic E-state index is 10.5. The van der Waals surface area contributed by atoms with E-state index in [0.717, 1.165) is 0 Å². The predicted octanol–water partition coefficient (Wildman–Crippen LogP) is -1.85. The number of aliphatic carboxylic acids is 1. The molecular formula is C7H12O6. The van der Waals surface area contributed by atoms with Gasteiger partial charge in [-0.05, 0) is 0 Å². The number of aliphatic hydroxyl groups excluding tert-OH is 3. The smallest absolute Gasteiger partial charge is 0.335 e. The molecule has 0 spiro atoms. The number of carbonyl (C=O) groups is 1. The minimum atomic E-state index is -1.57. The molecule has 76 valence electrons. The van der Waals surface area contributed by atoms with Crippen molar-refractivity contribution in [1.82, 2.24) is 0 Å². The van der Waals surface area contributed by atoms with Crippen LogP contribution in [0.5, 0.6) is 0 Å². The molecule has 1 saturated heterocycles. The topological polar surface area (TPSA) is 107 Å². The van der Waals surface area contributed by atoms with Gasteiger partial charge in [-0.25, -0.2) is 4.79 Å². The third kappa shape index (κ3) is 1.80. The highest BCUT2D eigenvalue weighted by Gasteiger charge is 2.44. The molecule has 0 bridgehead atoms. The standard InChI is InChI=1S/C7H12O6/c1-2-3(8)4(9)5(6(10)11)13-7(2)12/h2-5,7-9,12H,1H3,(H,10,11)/t2?,3-,4-,5?,7?/m0/s1. The second-order valence-electron chi connectivity index (χ2n) is 3.13. The number of ether oxygens (including phenoxy) is 1. The summed E-state index contributed by atoms with van der Waals surface area (Å²) in [5.74, 6) is -2.11. The van der Waals surface area contributed by atoms with Crippen molar-refractivity contribution in [1.29, 1.82) is 0 Å². The summed E-state index contributed by atoms with van der Waals surface area (Å²) >= 11 is 0. The number of carboxylic acids is 1. The van der Waals surface area contributed by atoms with E-state index >= 15 is 0 Å². The summed E-state index contributed by atoms with van der Waals surface area (Å²) in [5.41, 5.74) is 0. The quantitative estimate of drug-likeness (QED) is 0.388. The Balaban J connectivity index is 2.76. The van der Waals surface area contributed by atoms with Crippen molar-refractivity contribution in [3.63, 3.8) is 0 Å². The molecule has 0 amide bonds. The Morgan fingerprint density at radius 2 is 1.77 bits per heavy atom. The van der Waals surface area contributed by atoms with Gasteiger partial charge in [-0.15, -0.1) is 0 Å². The average Bonchev–Trinajstić information content (AvgIpc) is 2.07. The van der Waals surface area contributed by atoms with E-state index < -0.39 is 36.5 Å². The molecular weight excluding hydrogens is 180 g/mol. The van der Waals surface area contributed by atoms with Crippen LogP contribution in [0, 0.1) is 5.92 Å². The van der Waals surface area contributed by atoms with E-state index in [0.29, 0.717) is 0 Å². The summed E-state index contributed by atoms with van der Waals surface area (Å²) in [6, 6.07) is 0. The molecule has 0 aromatic rings. The number of rotatable bonds is 1. The van der Waals surface area contributed by atoms with Crippen LogP contribution < -0.4 is 0 Å². The number of carboxylic acid groups (broad SMARTS) is 1. The SMILES string of the molecule is CC1C(O)OC(C(=O)O)[C@@H](O)[C@H]1O. The van der Waals surface area contributed by atoms with E-state index in [9.17, 15) is 15.0 Å². The molecule has 1 fully saturated rings. The monoisotopic (exact) mass is 192 g/mol. The molecule has 0 aromatic carbocycles. The zero-order valence-corrected chi connectivity index (χ0v) is 6.99. The van der Waals surface area contributed by atoms with Crippen LogP contribution in [0.4, 0.5) is 0 Å². The number of hydrogen-bond donors (Lipinski definition) is 4. The first-order valence-corrected chi connectivity index (χ1v) is 3.87. The van der Waals surface area contributed by atoms with Crippen molar-refractivity contribution in [2.45, 2.75) is 31.5 Å². The van der Waals surface area contributed by atoms with E-state index in [1.807, 2.05) is 0 Å². The van der Waals surface area contributed by atoms with Crippen LogP contribution in [-0.4, -0.2) is 51.0 Å². The van der Waals surface area contributed by atoms with E-state index in [4.69, 9.17) is 10.2 Å². The first-order valence-electron chi connectivity index (χ1n) is 3.87. The Bertz CT molecular complexity index is 205. The Labute approximate surface area is 74.4 Å². The first kappa shape index (κ1) is 10.4. The van der Waals surface area contributed by atoms with Crippen molar-refractivity contribution < 1.29 is 30.0 Å². The molecule has 1 aliphatic rings. The van der Waals surface area contributed by atoms with Gasteiger partial charge in [0.15, 0.2) is 12.4 Å². The number of hydrogen-bond acceptors (Lipinski definition) is 5. The lowest BCUT2D eigenvalue weighted by Gasteiger charge is -2.37. The lowest BCUT2D eigenvalue weighted by molar-refractivity contribution is -0.260. The van der Waals surface area contributed by atoms with Crippen LogP contribution in [0.1, 0.15) is 6.92 Å². The second kappa shape index (κ2) is 3.59. The highest BCUT2D eigenvalue weighted by Crippen LogP contribution is 2.24. The third-order valence-corrected chi connectivity index (χ3v) is 2.18. The fourth-order valence-electron chi connectivity index (χ4n) is 1.22. The Morgan fingerprint density at radius 3 is 2.23 bits per heavy atom. The van der Waals surface area contributed by atoms with Crippen molar-refractivity contribution >= 4 is 5.97 Å². The van der Waals surface area contributed by atoms with Gasteiger partial charge in [-0.3, -0.25) is 0 Å². The molecule has 1 aliphatic heterocycles. The van der Waals surface area contributed by atoms with Crippen molar-refractivity contribution in [3.05, 3.63) is 0 Å². The van der Waals surface area contributed by atoms with E-state index in [1.54, 1.807) is 0 Å².